The number of methoxy groups -OCH3 is 1. The number of rotatable bonds is 6. The van der Waals surface area contributed by atoms with Gasteiger partial charge in [0.2, 0.25) is 15.3 Å². The van der Waals surface area contributed by atoms with E-state index < -0.39 is 10.0 Å². The van der Waals surface area contributed by atoms with E-state index in [1.54, 1.807) is 0 Å². The van der Waals surface area contributed by atoms with Crippen LogP contribution in [0.5, 0.6) is 0 Å². The lowest BCUT2D eigenvalue weighted by atomic mass is 10.5. The molecular weight excluding hydrogens is 254 g/mol. The molecule has 6 nitrogen and oxygen atoms in total. The highest BCUT2D eigenvalue weighted by molar-refractivity contribution is 7.92. The normalized spacial score (nSPS) is 11.4. The van der Waals surface area contributed by atoms with Crippen molar-refractivity contribution in [3.63, 3.8) is 0 Å². The smallest absolute Gasteiger partial charge is 0.233 e. The van der Waals surface area contributed by atoms with E-state index in [1.807, 2.05) is 0 Å². The molecule has 0 radical (unpaired) electrons. The second-order valence-electron chi connectivity index (χ2n) is 2.98. The van der Waals surface area contributed by atoms with Gasteiger partial charge < -0.3 is 4.74 Å². The number of hydrogen-bond donors (Lipinski definition) is 1. The fourth-order valence-corrected chi connectivity index (χ4v) is 2.18. The largest absolute Gasteiger partial charge is 0.385 e. The van der Waals surface area contributed by atoms with Crippen molar-refractivity contribution in [2.45, 2.75) is 6.42 Å². The Bertz CT molecular complexity index is 438. The van der Waals surface area contributed by atoms with Crippen LogP contribution in [0.4, 0.5) is 5.82 Å². The fourth-order valence-electron chi connectivity index (χ4n) is 0.995. The Balaban J connectivity index is 2.59. The summed E-state index contributed by atoms with van der Waals surface area (Å²) in [6.07, 6.45) is 1.80. The molecule has 1 rings (SSSR count). The summed E-state index contributed by atoms with van der Waals surface area (Å²) in [7, 11) is -1.88. The van der Waals surface area contributed by atoms with Crippen molar-refractivity contribution < 1.29 is 13.2 Å². The first-order valence-corrected chi connectivity index (χ1v) is 6.54. The molecule has 1 aromatic rings. The maximum Gasteiger partial charge on any atom is 0.233 e. The third kappa shape index (κ3) is 4.73. The van der Waals surface area contributed by atoms with Gasteiger partial charge in [-0.2, -0.15) is 4.98 Å². The van der Waals surface area contributed by atoms with E-state index in [9.17, 15) is 8.42 Å². The van der Waals surface area contributed by atoms with E-state index in [0.717, 1.165) is 0 Å². The van der Waals surface area contributed by atoms with Crippen molar-refractivity contribution in [3.05, 3.63) is 17.5 Å². The molecule has 0 spiro atoms. The van der Waals surface area contributed by atoms with E-state index >= 15 is 0 Å². The second-order valence-corrected chi connectivity index (χ2v) is 5.16. The third-order valence-electron chi connectivity index (χ3n) is 1.65. The summed E-state index contributed by atoms with van der Waals surface area (Å²) in [4.78, 5) is 7.36. The van der Waals surface area contributed by atoms with Gasteiger partial charge in [-0.3, -0.25) is 4.72 Å². The van der Waals surface area contributed by atoms with Gasteiger partial charge >= 0.3 is 0 Å². The first-order valence-electron chi connectivity index (χ1n) is 4.51. The Labute approximate surface area is 99.1 Å². The molecule has 0 atom stereocenters. The van der Waals surface area contributed by atoms with Crippen LogP contribution in [0.3, 0.4) is 0 Å². The molecule has 0 saturated heterocycles. The number of anilines is 1. The minimum absolute atomic E-state index is 0.00269. The summed E-state index contributed by atoms with van der Waals surface area (Å²) in [6.45, 7) is 0.394. The van der Waals surface area contributed by atoms with E-state index in [1.165, 1.54) is 19.4 Å². The number of ether oxygens (including phenoxy) is 1. The standard InChI is InChI=1S/C8H12ClN3O3S/c1-15-5-2-6-16(13,14)12-7-3-4-10-8(9)11-7/h3-4H,2,5-6H2,1H3,(H,10,11,12). The van der Waals surface area contributed by atoms with Crippen LogP contribution in [0.1, 0.15) is 6.42 Å². The molecule has 0 unspecified atom stereocenters. The van der Waals surface area contributed by atoms with Crippen molar-refractivity contribution in [1.82, 2.24) is 9.97 Å². The van der Waals surface area contributed by atoms with E-state index in [-0.39, 0.29) is 16.9 Å². The summed E-state index contributed by atoms with van der Waals surface area (Å²) < 4.78 is 30.1. The molecule has 1 N–H and O–H groups in total. The second kappa shape index (κ2) is 5.97. The monoisotopic (exact) mass is 265 g/mol. The summed E-state index contributed by atoms with van der Waals surface area (Å²) in [5, 5.41) is -0.00269. The Morgan fingerprint density at radius 3 is 2.94 bits per heavy atom. The van der Waals surface area contributed by atoms with Crippen LogP contribution < -0.4 is 4.72 Å². The van der Waals surface area contributed by atoms with Crippen LogP contribution in [0.15, 0.2) is 12.3 Å². The number of sulfonamides is 1. The van der Waals surface area contributed by atoms with Gasteiger partial charge in [0.15, 0.2) is 0 Å². The summed E-state index contributed by atoms with van der Waals surface area (Å²) in [6, 6.07) is 1.43. The summed E-state index contributed by atoms with van der Waals surface area (Å²) in [5.74, 6) is 0.139. The molecule has 0 aromatic carbocycles. The van der Waals surface area contributed by atoms with Crippen LogP contribution in [-0.2, 0) is 14.8 Å². The molecule has 90 valence electrons. The van der Waals surface area contributed by atoms with Crippen molar-refractivity contribution in [1.29, 1.82) is 0 Å². The van der Waals surface area contributed by atoms with E-state index in [2.05, 4.69) is 14.7 Å². The van der Waals surface area contributed by atoms with Crippen LogP contribution in [0.25, 0.3) is 0 Å². The molecule has 0 fully saturated rings. The first-order chi connectivity index (χ1) is 7.53. The van der Waals surface area contributed by atoms with Gasteiger partial charge in [0.25, 0.3) is 0 Å². The average molecular weight is 266 g/mol. The number of aromatic nitrogens is 2. The van der Waals surface area contributed by atoms with Gasteiger partial charge in [0, 0.05) is 19.9 Å². The molecule has 0 amide bonds. The van der Waals surface area contributed by atoms with Crippen molar-refractivity contribution in [3.8, 4) is 0 Å². The first kappa shape index (κ1) is 13.1. The predicted octanol–water partition coefficient (Wildman–Crippen LogP) is 0.908. The quantitative estimate of drug-likeness (QED) is 0.611. The molecule has 1 aromatic heterocycles. The van der Waals surface area contributed by atoms with Crippen molar-refractivity contribution in [2.75, 3.05) is 24.2 Å². The van der Waals surface area contributed by atoms with Crippen molar-refractivity contribution in [2.24, 2.45) is 0 Å². The lowest BCUT2D eigenvalue weighted by molar-refractivity contribution is 0.199. The van der Waals surface area contributed by atoms with E-state index in [0.29, 0.717) is 13.0 Å². The van der Waals surface area contributed by atoms with Crippen molar-refractivity contribution >= 4 is 27.4 Å². The molecule has 0 aliphatic heterocycles. The third-order valence-corrected chi connectivity index (χ3v) is 3.18. The van der Waals surface area contributed by atoms with Crippen LogP contribution in [-0.4, -0.2) is 37.9 Å². The number of hydrogen-bond acceptors (Lipinski definition) is 5. The SMILES string of the molecule is COCCCS(=O)(=O)Nc1ccnc(Cl)n1. The van der Waals surface area contributed by atoms with Gasteiger partial charge in [0.05, 0.1) is 5.75 Å². The lowest BCUT2D eigenvalue weighted by Crippen LogP contribution is -2.18. The molecule has 0 saturated carbocycles. The predicted molar refractivity (Wildman–Crippen MR) is 60.9 cm³/mol. The maximum absolute atomic E-state index is 11.5. The highest BCUT2D eigenvalue weighted by Crippen LogP contribution is 2.08. The van der Waals surface area contributed by atoms with Crippen LogP contribution >= 0.6 is 11.6 Å². The lowest BCUT2D eigenvalue weighted by Gasteiger charge is -2.06. The summed E-state index contributed by atoms with van der Waals surface area (Å²) in [5.41, 5.74) is 0. The molecular formula is C8H12ClN3O3S. The molecule has 0 aliphatic rings. The Hall–Kier alpha value is -0.920. The minimum Gasteiger partial charge on any atom is -0.385 e. The number of nitrogens with one attached hydrogen (secondary N) is 1. The van der Waals surface area contributed by atoms with Crippen LogP contribution in [0.2, 0.25) is 5.28 Å². The van der Waals surface area contributed by atoms with Gasteiger partial charge in [-0.05, 0) is 24.1 Å². The number of nitrogens with zero attached hydrogens (tertiary/aromatic N) is 2. The average Bonchev–Trinajstić information content (AvgIpc) is 2.17. The Morgan fingerprint density at radius 1 is 1.56 bits per heavy atom. The zero-order chi connectivity index (χ0) is 12.0. The highest BCUT2D eigenvalue weighted by atomic mass is 35.5. The van der Waals surface area contributed by atoms with Crippen LogP contribution in [0, 0.1) is 0 Å². The molecule has 1 heterocycles. The van der Waals surface area contributed by atoms with Gasteiger partial charge in [-0.25, -0.2) is 13.4 Å². The fraction of sp³-hybridized carbons (Fsp3) is 0.500. The number of halogens is 1. The maximum atomic E-state index is 11.5. The highest BCUT2D eigenvalue weighted by Gasteiger charge is 2.10. The zero-order valence-corrected chi connectivity index (χ0v) is 10.3. The molecule has 0 aliphatic carbocycles. The van der Waals surface area contributed by atoms with Gasteiger partial charge in [-0.1, -0.05) is 0 Å². The molecule has 8 heteroatoms. The summed E-state index contributed by atoms with van der Waals surface area (Å²) >= 11 is 5.52. The van der Waals surface area contributed by atoms with Gasteiger partial charge in [-0.15, -0.1) is 0 Å². The Kier molecular flexibility index (Phi) is 4.91. The Morgan fingerprint density at radius 2 is 2.31 bits per heavy atom. The van der Waals surface area contributed by atoms with Gasteiger partial charge in [0.1, 0.15) is 5.82 Å². The zero-order valence-electron chi connectivity index (χ0n) is 8.68. The topological polar surface area (TPSA) is 81.2 Å². The minimum atomic E-state index is -3.40. The molecule has 0 bridgehead atoms. The van der Waals surface area contributed by atoms with E-state index in [4.69, 9.17) is 16.3 Å². The molecule has 16 heavy (non-hydrogen) atoms.